The predicted octanol–water partition coefficient (Wildman–Crippen LogP) is 3.71. The first-order valence-corrected chi connectivity index (χ1v) is 15.5. The van der Waals surface area contributed by atoms with E-state index < -0.39 is 0 Å². The first-order chi connectivity index (χ1) is 19.7. The van der Waals surface area contributed by atoms with Crippen LogP contribution < -0.4 is 26.2 Å². The van der Waals surface area contributed by atoms with Crippen LogP contribution in [0.1, 0.15) is 16.9 Å². The summed E-state index contributed by atoms with van der Waals surface area (Å²) in [5, 5.41) is 15.2. The number of anilines is 2. The molecule has 0 bridgehead atoms. The molecule has 0 radical (unpaired) electrons. The Labute approximate surface area is 242 Å². The maximum absolute atomic E-state index is 12.8. The van der Waals surface area contributed by atoms with E-state index in [4.69, 9.17) is 14.7 Å². The van der Waals surface area contributed by atoms with Crippen LogP contribution in [-0.4, -0.2) is 75.4 Å². The van der Waals surface area contributed by atoms with Crippen molar-refractivity contribution >= 4 is 49.6 Å². The molecule has 1 saturated heterocycles. The van der Waals surface area contributed by atoms with Crippen LogP contribution in [0.25, 0.3) is 31.9 Å². The molecule has 1 amide bonds. The Kier molecular flexibility index (Phi) is 8.66. The van der Waals surface area contributed by atoms with Gasteiger partial charge in [0.1, 0.15) is 15.8 Å². The van der Waals surface area contributed by atoms with Gasteiger partial charge >= 0.3 is 0 Å². The zero-order valence-corrected chi connectivity index (χ0v) is 24.3. The van der Waals surface area contributed by atoms with Gasteiger partial charge in [-0.05, 0) is 48.4 Å². The second-order valence-electron chi connectivity index (χ2n) is 10.0. The summed E-state index contributed by atoms with van der Waals surface area (Å²) in [5.74, 6) is 1.04. The van der Waals surface area contributed by atoms with Crippen molar-refractivity contribution in [2.24, 2.45) is 0 Å². The van der Waals surface area contributed by atoms with Crippen molar-refractivity contribution < 1.29 is 9.53 Å². The largest absolute Gasteiger partial charge is 0.383 e. The molecule has 40 heavy (non-hydrogen) atoms. The summed E-state index contributed by atoms with van der Waals surface area (Å²) >= 11 is 3.36. The van der Waals surface area contributed by atoms with Gasteiger partial charge in [0.05, 0.1) is 16.8 Å². The van der Waals surface area contributed by atoms with E-state index in [1.165, 1.54) is 10.4 Å². The predicted molar refractivity (Wildman–Crippen MR) is 165 cm³/mol. The molecule has 0 spiro atoms. The van der Waals surface area contributed by atoms with Crippen molar-refractivity contribution in [3.8, 4) is 21.7 Å². The minimum Gasteiger partial charge on any atom is -0.383 e. The lowest BCUT2D eigenvalue weighted by atomic mass is 10.0. The van der Waals surface area contributed by atoms with Gasteiger partial charge in [0.25, 0.3) is 0 Å². The summed E-state index contributed by atoms with van der Waals surface area (Å²) in [7, 11) is 1.68. The van der Waals surface area contributed by atoms with E-state index in [0.717, 1.165) is 95.0 Å². The van der Waals surface area contributed by atoms with Gasteiger partial charge < -0.3 is 30.9 Å². The summed E-state index contributed by atoms with van der Waals surface area (Å²) in [6.07, 6.45) is 3.31. The van der Waals surface area contributed by atoms with E-state index in [9.17, 15) is 4.79 Å². The molecule has 9 nitrogen and oxygen atoms in total. The number of hydrogen-bond acceptors (Lipinski definition) is 10. The summed E-state index contributed by atoms with van der Waals surface area (Å²) in [4.78, 5) is 26.3. The summed E-state index contributed by atoms with van der Waals surface area (Å²) in [5.41, 5.74) is 5.56. The third kappa shape index (κ3) is 6.04. The van der Waals surface area contributed by atoms with Crippen molar-refractivity contribution in [2.45, 2.75) is 19.4 Å². The average Bonchev–Trinajstić information content (AvgIpc) is 3.57. The van der Waals surface area contributed by atoms with Crippen LogP contribution >= 0.6 is 22.7 Å². The number of carbonyl (C=O) groups is 1. The molecule has 3 aromatic heterocycles. The second-order valence-corrected chi connectivity index (χ2v) is 12.2. The van der Waals surface area contributed by atoms with E-state index in [2.05, 4.69) is 56.5 Å². The second kappa shape index (κ2) is 12.7. The molecule has 4 aromatic rings. The van der Waals surface area contributed by atoms with Gasteiger partial charge in [-0.25, -0.2) is 9.97 Å². The van der Waals surface area contributed by atoms with Gasteiger partial charge in [0.2, 0.25) is 5.91 Å². The van der Waals surface area contributed by atoms with Gasteiger partial charge in [-0.15, -0.1) is 22.7 Å². The quantitative estimate of drug-likeness (QED) is 0.212. The van der Waals surface area contributed by atoms with E-state index in [1.54, 1.807) is 29.8 Å². The number of amides is 1. The summed E-state index contributed by atoms with van der Waals surface area (Å²) in [6, 6.07) is 10.7. The van der Waals surface area contributed by atoms with Crippen LogP contribution in [0.15, 0.2) is 36.5 Å². The maximum Gasteiger partial charge on any atom is 0.226 e. The van der Waals surface area contributed by atoms with Gasteiger partial charge in [-0.2, -0.15) is 0 Å². The lowest BCUT2D eigenvalue weighted by Crippen LogP contribution is -2.43. The van der Waals surface area contributed by atoms with Gasteiger partial charge in [0.15, 0.2) is 0 Å². The summed E-state index contributed by atoms with van der Waals surface area (Å²) in [6.45, 7) is 7.69. The van der Waals surface area contributed by atoms with Crippen molar-refractivity contribution in [3.63, 3.8) is 0 Å². The fourth-order valence-electron chi connectivity index (χ4n) is 5.19. The SMILES string of the molecule is COCCNCCC(=O)Nc1sc2c(c1-c1nc3cc(-c4ccc(N5CCNCC5)nc4)ccc3s1)CCNC2. The minimum absolute atomic E-state index is 0.0119. The number of hydrogen-bond donors (Lipinski definition) is 4. The van der Waals surface area contributed by atoms with E-state index in [1.807, 2.05) is 6.20 Å². The highest BCUT2D eigenvalue weighted by Gasteiger charge is 2.25. The van der Waals surface area contributed by atoms with E-state index in [0.29, 0.717) is 19.6 Å². The number of thiophene rings is 1. The average molecular weight is 578 g/mol. The molecule has 11 heteroatoms. The Bertz CT molecular complexity index is 1460. The number of benzene rings is 1. The number of ether oxygens (including phenoxy) is 1. The number of piperazine rings is 1. The summed E-state index contributed by atoms with van der Waals surface area (Å²) < 4.78 is 6.20. The number of fused-ring (bicyclic) bond motifs is 2. The molecule has 0 saturated carbocycles. The number of methoxy groups -OCH3 is 1. The maximum atomic E-state index is 12.8. The fourth-order valence-corrected chi connectivity index (χ4v) is 7.52. The Hall–Kier alpha value is -2.93. The molecule has 6 rings (SSSR count). The van der Waals surface area contributed by atoms with Gasteiger partial charge in [-0.1, -0.05) is 6.07 Å². The lowest BCUT2D eigenvalue weighted by molar-refractivity contribution is -0.116. The molecule has 4 N–H and O–H groups in total. The van der Waals surface area contributed by atoms with Crippen LogP contribution in [0.3, 0.4) is 0 Å². The smallest absolute Gasteiger partial charge is 0.226 e. The Morgan fingerprint density at radius 1 is 1.07 bits per heavy atom. The molecule has 5 heterocycles. The van der Waals surface area contributed by atoms with Gasteiger partial charge in [0, 0.05) is 81.5 Å². The third-order valence-corrected chi connectivity index (χ3v) is 9.52. The highest BCUT2D eigenvalue weighted by molar-refractivity contribution is 7.23. The number of rotatable bonds is 10. The van der Waals surface area contributed by atoms with Crippen LogP contribution in [-0.2, 0) is 22.5 Å². The van der Waals surface area contributed by atoms with Crippen molar-refractivity contribution in [3.05, 3.63) is 47.0 Å². The molecule has 0 atom stereocenters. The monoisotopic (exact) mass is 577 g/mol. The number of aromatic nitrogens is 2. The lowest BCUT2D eigenvalue weighted by Gasteiger charge is -2.28. The Morgan fingerprint density at radius 2 is 1.95 bits per heavy atom. The number of pyridine rings is 1. The van der Waals surface area contributed by atoms with Crippen molar-refractivity contribution in [2.75, 3.05) is 69.7 Å². The highest BCUT2D eigenvalue weighted by Crippen LogP contribution is 2.45. The standard InChI is InChI=1S/C29H35N7O2S2/c1-38-15-12-30-9-7-26(37)35-29-27(21-6-8-32-18-24(21)40-29)28-34-22-16-19(2-4-23(22)39-28)20-3-5-25(33-17-20)36-13-10-31-11-14-36/h2-5,16-17,30-32H,6-15,18H2,1H3,(H,35,37). The molecular formula is C29H35N7O2S2. The molecule has 1 fully saturated rings. The number of carbonyl (C=O) groups excluding carboxylic acids is 1. The third-order valence-electron chi connectivity index (χ3n) is 7.32. The van der Waals surface area contributed by atoms with Crippen molar-refractivity contribution in [1.29, 1.82) is 0 Å². The molecule has 0 unspecified atom stereocenters. The first kappa shape index (κ1) is 27.3. The molecular weight excluding hydrogens is 543 g/mol. The van der Waals surface area contributed by atoms with Crippen molar-refractivity contribution in [1.82, 2.24) is 25.9 Å². The molecule has 2 aliphatic heterocycles. The number of nitrogens with zero attached hydrogens (tertiary/aromatic N) is 3. The number of thiazole rings is 1. The van der Waals surface area contributed by atoms with E-state index in [-0.39, 0.29) is 5.91 Å². The zero-order valence-electron chi connectivity index (χ0n) is 22.7. The van der Waals surface area contributed by atoms with Crippen LogP contribution in [0.4, 0.5) is 10.8 Å². The van der Waals surface area contributed by atoms with E-state index >= 15 is 0 Å². The topological polar surface area (TPSA) is 103 Å². The fraction of sp³-hybridized carbons (Fsp3) is 0.414. The van der Waals surface area contributed by atoms with Crippen LogP contribution in [0, 0.1) is 0 Å². The molecule has 1 aromatic carbocycles. The number of nitrogens with one attached hydrogen (secondary N) is 4. The van der Waals surface area contributed by atoms with Crippen LogP contribution in [0.2, 0.25) is 0 Å². The highest BCUT2D eigenvalue weighted by atomic mass is 32.1. The van der Waals surface area contributed by atoms with Crippen LogP contribution in [0.5, 0.6) is 0 Å². The molecule has 2 aliphatic rings. The Balaban J connectivity index is 1.24. The first-order valence-electron chi connectivity index (χ1n) is 13.9. The minimum atomic E-state index is 0.0119. The zero-order chi connectivity index (χ0) is 27.3. The van der Waals surface area contributed by atoms with Gasteiger partial charge in [-0.3, -0.25) is 4.79 Å². The normalized spacial score (nSPS) is 15.4. The molecule has 210 valence electrons. The Morgan fingerprint density at radius 3 is 2.77 bits per heavy atom. The molecule has 0 aliphatic carbocycles.